The first-order valence-corrected chi connectivity index (χ1v) is 9.59. The Labute approximate surface area is 168 Å². The summed E-state index contributed by atoms with van der Waals surface area (Å²) in [6.45, 7) is 4.04. The van der Waals surface area contributed by atoms with Crippen molar-refractivity contribution in [2.45, 2.75) is 26.8 Å². The first-order valence-electron chi connectivity index (χ1n) is 9.59. The lowest BCUT2D eigenvalue weighted by Crippen LogP contribution is -2.27. The number of carbonyl (C=O) groups is 1. The average molecular weight is 386 g/mol. The quantitative estimate of drug-likeness (QED) is 0.569. The van der Waals surface area contributed by atoms with Gasteiger partial charge >= 0.3 is 0 Å². The van der Waals surface area contributed by atoms with Gasteiger partial charge in [-0.15, -0.1) is 0 Å². The molecule has 29 heavy (non-hydrogen) atoms. The number of aromatic nitrogens is 3. The SMILES string of the molecule is CCc1ccc(-n2c(=O)c3cccnc3n2CC(=O)Nc2ccc(C)cc2)cc1. The highest BCUT2D eigenvalue weighted by atomic mass is 16.2. The molecule has 0 saturated heterocycles. The van der Waals surface area contributed by atoms with Crippen LogP contribution in [0.15, 0.2) is 71.7 Å². The van der Waals surface area contributed by atoms with Gasteiger partial charge in [0.15, 0.2) is 5.65 Å². The Bertz CT molecular complexity index is 1220. The van der Waals surface area contributed by atoms with E-state index in [2.05, 4.69) is 17.2 Å². The number of hydrogen-bond donors (Lipinski definition) is 1. The van der Waals surface area contributed by atoms with Crippen LogP contribution in [0.25, 0.3) is 16.7 Å². The zero-order valence-corrected chi connectivity index (χ0v) is 16.4. The lowest BCUT2D eigenvalue weighted by molar-refractivity contribution is -0.116. The number of hydrogen-bond acceptors (Lipinski definition) is 3. The molecule has 0 bridgehead atoms. The highest BCUT2D eigenvalue weighted by Gasteiger charge is 2.18. The standard InChI is InChI=1S/C23H22N4O2/c1-3-17-8-12-19(13-9-17)27-23(29)20-5-4-14-24-22(20)26(27)15-21(28)25-18-10-6-16(2)7-11-18/h4-14H,3,15H2,1-2H3,(H,25,28). The maximum atomic E-state index is 13.1. The van der Waals surface area contributed by atoms with Gasteiger partial charge < -0.3 is 5.32 Å². The molecule has 2 heterocycles. The molecule has 0 fully saturated rings. The third-order valence-electron chi connectivity index (χ3n) is 4.91. The van der Waals surface area contributed by atoms with E-state index in [9.17, 15) is 9.59 Å². The summed E-state index contributed by atoms with van der Waals surface area (Å²) in [5.74, 6) is -0.227. The van der Waals surface area contributed by atoms with Crippen LogP contribution >= 0.6 is 0 Å². The van der Waals surface area contributed by atoms with Gasteiger partial charge in [-0.25, -0.2) is 9.67 Å². The molecule has 2 aromatic heterocycles. The van der Waals surface area contributed by atoms with E-state index in [0.29, 0.717) is 22.4 Å². The maximum Gasteiger partial charge on any atom is 0.280 e. The molecular weight excluding hydrogens is 364 g/mol. The second-order valence-corrected chi connectivity index (χ2v) is 6.98. The molecule has 0 unspecified atom stereocenters. The molecule has 1 N–H and O–H groups in total. The molecule has 4 rings (SSSR count). The molecule has 0 radical (unpaired) electrons. The molecular formula is C23H22N4O2. The molecule has 0 aliphatic carbocycles. The van der Waals surface area contributed by atoms with Crippen molar-refractivity contribution in [3.8, 4) is 5.69 Å². The van der Waals surface area contributed by atoms with Crippen molar-refractivity contribution >= 4 is 22.6 Å². The Morgan fingerprint density at radius 1 is 1.03 bits per heavy atom. The Morgan fingerprint density at radius 3 is 2.45 bits per heavy atom. The van der Waals surface area contributed by atoms with Crippen molar-refractivity contribution in [1.82, 2.24) is 14.3 Å². The fourth-order valence-electron chi connectivity index (χ4n) is 3.34. The number of rotatable bonds is 5. The van der Waals surface area contributed by atoms with Crippen molar-refractivity contribution in [2.75, 3.05) is 5.32 Å². The molecule has 0 saturated carbocycles. The second-order valence-electron chi connectivity index (χ2n) is 6.98. The van der Waals surface area contributed by atoms with Gasteiger partial charge in [0.05, 0.1) is 11.1 Å². The average Bonchev–Trinajstić information content (AvgIpc) is 3.02. The van der Waals surface area contributed by atoms with Gasteiger partial charge in [-0.2, -0.15) is 0 Å². The smallest absolute Gasteiger partial charge is 0.280 e. The number of nitrogens with one attached hydrogen (secondary N) is 1. The molecule has 1 amide bonds. The summed E-state index contributed by atoms with van der Waals surface area (Å²) in [5, 5.41) is 3.37. The fourth-order valence-corrected chi connectivity index (χ4v) is 3.34. The van der Waals surface area contributed by atoms with E-state index in [1.54, 1.807) is 23.0 Å². The summed E-state index contributed by atoms with van der Waals surface area (Å²) in [7, 11) is 0. The van der Waals surface area contributed by atoms with Crippen molar-refractivity contribution in [1.29, 1.82) is 0 Å². The summed E-state index contributed by atoms with van der Waals surface area (Å²) in [5.41, 5.74) is 4.00. The van der Waals surface area contributed by atoms with Crippen LogP contribution in [0.2, 0.25) is 0 Å². The Balaban J connectivity index is 1.74. The molecule has 0 atom stereocenters. The number of fused-ring (bicyclic) bond motifs is 1. The van der Waals surface area contributed by atoms with Crippen molar-refractivity contribution in [3.05, 3.63) is 88.3 Å². The van der Waals surface area contributed by atoms with E-state index >= 15 is 0 Å². The number of anilines is 1. The van der Waals surface area contributed by atoms with Crippen LogP contribution in [0.5, 0.6) is 0 Å². The Morgan fingerprint density at radius 2 is 1.76 bits per heavy atom. The minimum atomic E-state index is -0.227. The Hall–Kier alpha value is -3.67. The normalized spacial score (nSPS) is 11.0. The molecule has 0 aliphatic rings. The van der Waals surface area contributed by atoms with Crippen LogP contribution in [0.3, 0.4) is 0 Å². The highest BCUT2D eigenvalue weighted by molar-refractivity contribution is 5.91. The van der Waals surface area contributed by atoms with Crippen LogP contribution in [-0.4, -0.2) is 20.3 Å². The van der Waals surface area contributed by atoms with Crippen LogP contribution in [0.1, 0.15) is 18.1 Å². The largest absolute Gasteiger partial charge is 0.324 e. The van der Waals surface area contributed by atoms with Crippen LogP contribution in [-0.2, 0) is 17.8 Å². The Kier molecular flexibility index (Phi) is 4.99. The second kappa shape index (κ2) is 7.75. The maximum absolute atomic E-state index is 13.1. The van der Waals surface area contributed by atoms with Gasteiger partial charge in [-0.1, -0.05) is 36.8 Å². The lowest BCUT2D eigenvalue weighted by Gasteiger charge is -2.13. The molecule has 4 aromatic rings. The molecule has 6 nitrogen and oxygen atoms in total. The molecule has 146 valence electrons. The van der Waals surface area contributed by atoms with Crippen LogP contribution in [0.4, 0.5) is 5.69 Å². The third kappa shape index (κ3) is 3.69. The fraction of sp³-hybridized carbons (Fsp3) is 0.174. The first-order chi connectivity index (χ1) is 14.1. The summed E-state index contributed by atoms with van der Waals surface area (Å²) in [6, 6.07) is 18.8. The predicted octanol–water partition coefficient (Wildman–Crippen LogP) is 3.70. The predicted molar refractivity (Wildman–Crippen MR) is 115 cm³/mol. The number of amides is 1. The number of nitrogens with zero attached hydrogens (tertiary/aromatic N) is 3. The first kappa shape index (κ1) is 18.7. The zero-order chi connectivity index (χ0) is 20.4. The minimum Gasteiger partial charge on any atom is -0.324 e. The van der Waals surface area contributed by atoms with Gasteiger partial charge in [0.1, 0.15) is 6.54 Å². The minimum absolute atomic E-state index is 0.0286. The number of carbonyl (C=O) groups excluding carboxylic acids is 1. The van der Waals surface area contributed by atoms with Gasteiger partial charge in [0.25, 0.3) is 5.56 Å². The molecule has 0 aliphatic heterocycles. The summed E-state index contributed by atoms with van der Waals surface area (Å²) >= 11 is 0. The summed E-state index contributed by atoms with van der Waals surface area (Å²) in [6.07, 6.45) is 2.54. The molecule has 2 aromatic carbocycles. The highest BCUT2D eigenvalue weighted by Crippen LogP contribution is 2.15. The van der Waals surface area contributed by atoms with Gasteiger partial charge in [-0.3, -0.25) is 14.3 Å². The van der Waals surface area contributed by atoms with Crippen molar-refractivity contribution in [2.24, 2.45) is 0 Å². The van der Waals surface area contributed by atoms with E-state index in [1.165, 1.54) is 10.2 Å². The topological polar surface area (TPSA) is 68.9 Å². The van der Waals surface area contributed by atoms with E-state index in [0.717, 1.165) is 12.0 Å². The third-order valence-corrected chi connectivity index (χ3v) is 4.91. The van der Waals surface area contributed by atoms with Crippen molar-refractivity contribution < 1.29 is 4.79 Å². The summed E-state index contributed by atoms with van der Waals surface area (Å²) < 4.78 is 3.15. The number of benzene rings is 2. The number of aryl methyl sites for hydroxylation is 2. The zero-order valence-electron chi connectivity index (χ0n) is 16.4. The van der Waals surface area contributed by atoms with E-state index in [4.69, 9.17) is 0 Å². The van der Waals surface area contributed by atoms with E-state index in [-0.39, 0.29) is 18.0 Å². The van der Waals surface area contributed by atoms with Crippen molar-refractivity contribution in [3.63, 3.8) is 0 Å². The van der Waals surface area contributed by atoms with E-state index < -0.39 is 0 Å². The molecule has 0 spiro atoms. The monoisotopic (exact) mass is 386 g/mol. The van der Waals surface area contributed by atoms with Gasteiger partial charge in [-0.05, 0) is 55.3 Å². The van der Waals surface area contributed by atoms with Gasteiger partial charge in [0.2, 0.25) is 5.91 Å². The van der Waals surface area contributed by atoms with Gasteiger partial charge in [0, 0.05) is 11.9 Å². The molecule has 6 heteroatoms. The lowest BCUT2D eigenvalue weighted by atomic mass is 10.1. The van der Waals surface area contributed by atoms with Crippen LogP contribution < -0.4 is 10.9 Å². The number of pyridine rings is 1. The van der Waals surface area contributed by atoms with E-state index in [1.807, 2.05) is 55.5 Å². The van der Waals surface area contributed by atoms with Crippen LogP contribution in [0, 0.1) is 6.92 Å². The summed E-state index contributed by atoms with van der Waals surface area (Å²) in [4.78, 5) is 30.1.